The van der Waals surface area contributed by atoms with Crippen molar-refractivity contribution in [3.63, 3.8) is 0 Å². The molecule has 1 amide bonds. The maximum atomic E-state index is 12.3. The van der Waals surface area contributed by atoms with E-state index in [1.165, 1.54) is 5.56 Å². The molecule has 5 nitrogen and oxygen atoms in total. The van der Waals surface area contributed by atoms with Gasteiger partial charge in [-0.2, -0.15) is 0 Å². The third-order valence-electron chi connectivity index (χ3n) is 4.00. The SMILES string of the molecule is CCO[C@H]1CN(C(=O)OC(C)(C)C)CC[C@H]1NCc1ccccc1. The number of carbonyl (C=O) groups excluding carboxylic acids is 1. The van der Waals surface area contributed by atoms with Gasteiger partial charge in [0, 0.05) is 25.7 Å². The first-order valence-corrected chi connectivity index (χ1v) is 8.76. The van der Waals surface area contributed by atoms with Gasteiger partial charge in [-0.1, -0.05) is 30.3 Å². The van der Waals surface area contributed by atoms with Gasteiger partial charge in [0.05, 0.1) is 12.6 Å². The number of piperidine rings is 1. The zero-order chi connectivity index (χ0) is 17.6. The van der Waals surface area contributed by atoms with Crippen LogP contribution in [0.25, 0.3) is 0 Å². The van der Waals surface area contributed by atoms with E-state index in [9.17, 15) is 4.79 Å². The first kappa shape index (κ1) is 18.7. The van der Waals surface area contributed by atoms with Gasteiger partial charge < -0.3 is 19.7 Å². The molecular formula is C19H30N2O3. The van der Waals surface area contributed by atoms with Crippen LogP contribution in [0.1, 0.15) is 39.7 Å². The fraction of sp³-hybridized carbons (Fsp3) is 0.632. The van der Waals surface area contributed by atoms with E-state index >= 15 is 0 Å². The molecular weight excluding hydrogens is 304 g/mol. The predicted molar refractivity (Wildman–Crippen MR) is 94.9 cm³/mol. The number of nitrogens with zero attached hydrogens (tertiary/aromatic N) is 1. The summed E-state index contributed by atoms with van der Waals surface area (Å²) in [4.78, 5) is 14.0. The maximum Gasteiger partial charge on any atom is 0.410 e. The first-order valence-electron chi connectivity index (χ1n) is 8.76. The largest absolute Gasteiger partial charge is 0.444 e. The smallest absolute Gasteiger partial charge is 0.410 e. The lowest BCUT2D eigenvalue weighted by Gasteiger charge is -2.39. The standard InChI is InChI=1S/C19H30N2O3/c1-5-23-17-14-21(18(22)24-19(2,3)4)12-11-16(17)20-13-15-9-7-6-8-10-15/h6-10,16-17,20H,5,11-14H2,1-4H3/t16-,17+/m1/s1. The highest BCUT2D eigenvalue weighted by molar-refractivity contribution is 5.68. The minimum Gasteiger partial charge on any atom is -0.444 e. The minimum atomic E-state index is -0.472. The number of benzene rings is 1. The summed E-state index contributed by atoms with van der Waals surface area (Å²) in [6.45, 7) is 10.3. The van der Waals surface area contributed by atoms with Crippen LogP contribution in [0.15, 0.2) is 30.3 Å². The van der Waals surface area contributed by atoms with Crippen molar-refractivity contribution in [2.45, 2.75) is 58.4 Å². The third kappa shape index (κ3) is 5.80. The van der Waals surface area contributed by atoms with Crippen LogP contribution in [0.3, 0.4) is 0 Å². The normalized spacial score (nSPS) is 21.6. The molecule has 1 aromatic carbocycles. The van der Waals surface area contributed by atoms with Crippen molar-refractivity contribution in [3.05, 3.63) is 35.9 Å². The molecule has 0 radical (unpaired) electrons. The van der Waals surface area contributed by atoms with E-state index in [1.807, 2.05) is 45.9 Å². The Balaban J connectivity index is 1.91. The molecule has 1 aliphatic heterocycles. The topological polar surface area (TPSA) is 50.8 Å². The Morgan fingerprint density at radius 2 is 2.00 bits per heavy atom. The number of likely N-dealkylation sites (tertiary alicyclic amines) is 1. The van der Waals surface area contributed by atoms with Crippen LogP contribution in [-0.4, -0.2) is 48.4 Å². The molecule has 1 aliphatic rings. The molecule has 1 N–H and O–H groups in total. The van der Waals surface area contributed by atoms with Crippen LogP contribution in [-0.2, 0) is 16.0 Å². The van der Waals surface area contributed by atoms with Gasteiger partial charge in [0.2, 0.25) is 0 Å². The molecule has 0 spiro atoms. The molecule has 0 unspecified atom stereocenters. The molecule has 134 valence electrons. The van der Waals surface area contributed by atoms with E-state index in [2.05, 4.69) is 17.4 Å². The number of carbonyl (C=O) groups is 1. The van der Waals surface area contributed by atoms with Gasteiger partial charge in [-0.15, -0.1) is 0 Å². The average molecular weight is 334 g/mol. The van der Waals surface area contributed by atoms with Gasteiger partial charge in [-0.25, -0.2) is 4.79 Å². The molecule has 1 aromatic rings. The summed E-state index contributed by atoms with van der Waals surface area (Å²) in [5.41, 5.74) is 0.781. The monoisotopic (exact) mass is 334 g/mol. The third-order valence-corrected chi connectivity index (χ3v) is 4.00. The Hall–Kier alpha value is -1.59. The van der Waals surface area contributed by atoms with Crippen molar-refractivity contribution in [1.82, 2.24) is 10.2 Å². The number of ether oxygens (including phenoxy) is 2. The van der Waals surface area contributed by atoms with E-state index in [4.69, 9.17) is 9.47 Å². The second kappa shape index (κ2) is 8.49. The van der Waals surface area contributed by atoms with Gasteiger partial charge in [-0.05, 0) is 39.7 Å². The van der Waals surface area contributed by atoms with Crippen molar-refractivity contribution < 1.29 is 14.3 Å². The van der Waals surface area contributed by atoms with E-state index in [1.54, 1.807) is 4.90 Å². The molecule has 1 saturated heterocycles. The van der Waals surface area contributed by atoms with E-state index < -0.39 is 5.60 Å². The lowest BCUT2D eigenvalue weighted by Crippen LogP contribution is -2.55. The number of amides is 1. The first-order chi connectivity index (χ1) is 11.4. The Kier molecular flexibility index (Phi) is 6.63. The highest BCUT2D eigenvalue weighted by atomic mass is 16.6. The molecule has 0 aliphatic carbocycles. The lowest BCUT2D eigenvalue weighted by molar-refractivity contribution is -0.0313. The summed E-state index contributed by atoms with van der Waals surface area (Å²) >= 11 is 0. The highest BCUT2D eigenvalue weighted by Crippen LogP contribution is 2.18. The van der Waals surface area contributed by atoms with Crippen molar-refractivity contribution in [1.29, 1.82) is 0 Å². The molecule has 1 heterocycles. The van der Waals surface area contributed by atoms with Gasteiger partial charge in [-0.3, -0.25) is 0 Å². The minimum absolute atomic E-state index is 0.0139. The molecule has 2 atom stereocenters. The molecule has 0 saturated carbocycles. The quantitative estimate of drug-likeness (QED) is 0.898. The van der Waals surface area contributed by atoms with Gasteiger partial charge >= 0.3 is 6.09 Å². The van der Waals surface area contributed by atoms with E-state index in [-0.39, 0.29) is 18.2 Å². The van der Waals surface area contributed by atoms with Crippen LogP contribution >= 0.6 is 0 Å². The maximum absolute atomic E-state index is 12.3. The summed E-state index contributed by atoms with van der Waals surface area (Å²) in [5.74, 6) is 0. The molecule has 0 bridgehead atoms. The lowest BCUT2D eigenvalue weighted by atomic mass is 10.0. The average Bonchev–Trinajstić information content (AvgIpc) is 2.53. The Morgan fingerprint density at radius 3 is 2.62 bits per heavy atom. The number of rotatable bonds is 5. The van der Waals surface area contributed by atoms with Crippen LogP contribution < -0.4 is 5.32 Å². The summed E-state index contributed by atoms with van der Waals surface area (Å²) in [7, 11) is 0. The van der Waals surface area contributed by atoms with Crippen molar-refractivity contribution in [2.75, 3.05) is 19.7 Å². The molecule has 24 heavy (non-hydrogen) atoms. The van der Waals surface area contributed by atoms with E-state index in [0.717, 1.165) is 13.0 Å². The Bertz CT molecular complexity index is 513. The number of hydrogen-bond acceptors (Lipinski definition) is 4. The van der Waals surface area contributed by atoms with Crippen molar-refractivity contribution in [3.8, 4) is 0 Å². The fourth-order valence-electron chi connectivity index (χ4n) is 2.87. The second-order valence-electron chi connectivity index (χ2n) is 7.18. The van der Waals surface area contributed by atoms with Crippen LogP contribution in [0.2, 0.25) is 0 Å². The van der Waals surface area contributed by atoms with Crippen LogP contribution in [0, 0.1) is 0 Å². The van der Waals surface area contributed by atoms with Gasteiger partial charge in [0.15, 0.2) is 0 Å². The second-order valence-corrected chi connectivity index (χ2v) is 7.18. The summed E-state index contributed by atoms with van der Waals surface area (Å²) in [6, 6.07) is 10.6. The Morgan fingerprint density at radius 1 is 1.29 bits per heavy atom. The molecule has 0 aromatic heterocycles. The number of nitrogens with one attached hydrogen (secondary N) is 1. The van der Waals surface area contributed by atoms with Gasteiger partial charge in [0.1, 0.15) is 5.60 Å². The van der Waals surface area contributed by atoms with Gasteiger partial charge in [0.25, 0.3) is 0 Å². The fourth-order valence-corrected chi connectivity index (χ4v) is 2.87. The van der Waals surface area contributed by atoms with Crippen molar-refractivity contribution in [2.24, 2.45) is 0 Å². The zero-order valence-electron chi connectivity index (χ0n) is 15.2. The summed E-state index contributed by atoms with van der Waals surface area (Å²) in [5, 5.41) is 3.58. The number of hydrogen-bond donors (Lipinski definition) is 1. The van der Waals surface area contributed by atoms with E-state index in [0.29, 0.717) is 19.7 Å². The summed E-state index contributed by atoms with van der Waals surface area (Å²) in [6.07, 6.45) is 0.588. The van der Waals surface area contributed by atoms with Crippen LogP contribution in [0.4, 0.5) is 4.79 Å². The Labute approximate surface area is 145 Å². The van der Waals surface area contributed by atoms with Crippen LogP contribution in [0.5, 0.6) is 0 Å². The highest BCUT2D eigenvalue weighted by Gasteiger charge is 2.33. The van der Waals surface area contributed by atoms with Crippen molar-refractivity contribution >= 4 is 6.09 Å². The zero-order valence-corrected chi connectivity index (χ0v) is 15.2. The molecule has 5 heteroatoms. The predicted octanol–water partition coefficient (Wildman–Crippen LogP) is 3.19. The molecule has 1 fully saturated rings. The summed E-state index contributed by atoms with van der Waals surface area (Å²) < 4.78 is 11.4. The molecule has 2 rings (SSSR count).